The highest BCUT2D eigenvalue weighted by atomic mass is 16.3. The van der Waals surface area contributed by atoms with Crippen LogP contribution in [0, 0.1) is 5.41 Å². The van der Waals surface area contributed by atoms with Crippen molar-refractivity contribution in [3.63, 3.8) is 0 Å². The predicted molar refractivity (Wildman–Crippen MR) is 58.4 cm³/mol. The van der Waals surface area contributed by atoms with Gasteiger partial charge in [0, 0.05) is 0 Å². The van der Waals surface area contributed by atoms with E-state index in [1.807, 2.05) is 0 Å². The Labute approximate surface area is 91.6 Å². The molecule has 0 aliphatic carbocycles. The first kappa shape index (κ1) is 14.8. The molecule has 0 rings (SSSR count). The van der Waals surface area contributed by atoms with Gasteiger partial charge in [0.1, 0.15) is 0 Å². The standard InChI is InChI=1S/C11H24O4/c1-4-9(14)10(7-12,8-13)11(15,5-2)6-3/h9,12-15H,4-8H2,1-3H3. The van der Waals surface area contributed by atoms with Crippen LogP contribution in [0.2, 0.25) is 0 Å². The molecule has 1 atom stereocenters. The summed E-state index contributed by atoms with van der Waals surface area (Å²) in [4.78, 5) is 0. The second-order valence-corrected chi connectivity index (χ2v) is 4.14. The maximum Gasteiger partial charge on any atom is 0.0767 e. The van der Waals surface area contributed by atoms with Crippen LogP contribution >= 0.6 is 0 Å². The van der Waals surface area contributed by atoms with E-state index in [1.54, 1.807) is 20.8 Å². The SMILES string of the molecule is CCC(O)C(CO)(CO)C(O)(CC)CC. The Balaban J connectivity index is 5.23. The Hall–Kier alpha value is -0.160. The third kappa shape index (κ3) is 2.33. The van der Waals surface area contributed by atoms with Gasteiger partial charge in [-0.05, 0) is 19.3 Å². The Morgan fingerprint density at radius 1 is 1.00 bits per heavy atom. The van der Waals surface area contributed by atoms with Crippen LogP contribution in [0.3, 0.4) is 0 Å². The van der Waals surface area contributed by atoms with Gasteiger partial charge in [0.05, 0.1) is 30.3 Å². The van der Waals surface area contributed by atoms with Crippen LogP contribution in [0.15, 0.2) is 0 Å². The molecule has 4 N–H and O–H groups in total. The maximum atomic E-state index is 10.4. The average molecular weight is 220 g/mol. The molecule has 0 aromatic rings. The summed E-state index contributed by atoms with van der Waals surface area (Å²) in [6.45, 7) is 4.49. The first-order chi connectivity index (χ1) is 6.97. The molecule has 0 heterocycles. The van der Waals surface area contributed by atoms with Gasteiger partial charge in [-0.25, -0.2) is 0 Å². The summed E-state index contributed by atoms with van der Waals surface area (Å²) in [6.07, 6.45) is 0.268. The van der Waals surface area contributed by atoms with Crippen molar-refractivity contribution in [3.05, 3.63) is 0 Å². The molecular formula is C11H24O4. The van der Waals surface area contributed by atoms with Gasteiger partial charge < -0.3 is 20.4 Å². The zero-order chi connectivity index (χ0) is 12.1. The van der Waals surface area contributed by atoms with Gasteiger partial charge in [0.15, 0.2) is 0 Å². The van der Waals surface area contributed by atoms with Crippen molar-refractivity contribution in [1.29, 1.82) is 0 Å². The maximum absolute atomic E-state index is 10.4. The van der Waals surface area contributed by atoms with Gasteiger partial charge in [-0.1, -0.05) is 20.8 Å². The monoisotopic (exact) mass is 220 g/mol. The zero-order valence-corrected chi connectivity index (χ0v) is 9.90. The van der Waals surface area contributed by atoms with Gasteiger partial charge in [0.25, 0.3) is 0 Å². The van der Waals surface area contributed by atoms with Crippen molar-refractivity contribution in [3.8, 4) is 0 Å². The highest BCUT2D eigenvalue weighted by Crippen LogP contribution is 2.40. The lowest BCUT2D eigenvalue weighted by atomic mass is 9.65. The van der Waals surface area contributed by atoms with Gasteiger partial charge in [0.2, 0.25) is 0 Å². The Bertz CT molecular complexity index is 173. The molecule has 0 aromatic heterocycles. The lowest BCUT2D eigenvalue weighted by Crippen LogP contribution is -2.59. The fraction of sp³-hybridized carbons (Fsp3) is 1.00. The van der Waals surface area contributed by atoms with Crippen LogP contribution in [0.1, 0.15) is 40.0 Å². The summed E-state index contributed by atoms with van der Waals surface area (Å²) in [5, 5.41) is 39.0. The van der Waals surface area contributed by atoms with Gasteiger partial charge in [-0.15, -0.1) is 0 Å². The number of hydrogen-bond donors (Lipinski definition) is 4. The third-order valence-electron chi connectivity index (χ3n) is 3.69. The minimum Gasteiger partial charge on any atom is -0.395 e. The molecule has 0 spiro atoms. The van der Waals surface area contributed by atoms with E-state index >= 15 is 0 Å². The molecule has 1 unspecified atom stereocenters. The first-order valence-electron chi connectivity index (χ1n) is 5.60. The smallest absolute Gasteiger partial charge is 0.0767 e. The molecular weight excluding hydrogens is 196 g/mol. The van der Waals surface area contributed by atoms with E-state index in [4.69, 9.17) is 0 Å². The molecule has 0 bridgehead atoms. The summed E-state index contributed by atoms with van der Waals surface area (Å²) in [5.41, 5.74) is -2.46. The van der Waals surface area contributed by atoms with Crippen LogP contribution in [0.5, 0.6) is 0 Å². The van der Waals surface area contributed by atoms with E-state index in [0.717, 1.165) is 0 Å². The molecule has 0 aliphatic rings. The van der Waals surface area contributed by atoms with Crippen LogP contribution in [-0.2, 0) is 0 Å². The lowest BCUT2D eigenvalue weighted by molar-refractivity contribution is -0.187. The summed E-state index contributed by atoms with van der Waals surface area (Å²) in [7, 11) is 0. The van der Waals surface area contributed by atoms with Gasteiger partial charge in [-0.2, -0.15) is 0 Å². The summed E-state index contributed by atoms with van der Waals surface area (Å²) in [5.74, 6) is 0. The molecule has 0 fully saturated rings. The largest absolute Gasteiger partial charge is 0.395 e. The number of aliphatic hydroxyl groups excluding tert-OH is 3. The minimum absolute atomic E-state index is 0.391. The van der Waals surface area contributed by atoms with Crippen molar-refractivity contribution in [2.24, 2.45) is 5.41 Å². The molecule has 0 aliphatic heterocycles. The first-order valence-corrected chi connectivity index (χ1v) is 5.60. The van der Waals surface area contributed by atoms with Crippen LogP contribution in [0.25, 0.3) is 0 Å². The van der Waals surface area contributed by atoms with Crippen molar-refractivity contribution in [1.82, 2.24) is 0 Å². The quantitative estimate of drug-likeness (QED) is 0.497. The Kier molecular flexibility index (Phi) is 5.73. The molecule has 4 nitrogen and oxygen atoms in total. The summed E-state index contributed by atoms with van der Waals surface area (Å²) >= 11 is 0. The van der Waals surface area contributed by atoms with Crippen LogP contribution < -0.4 is 0 Å². The van der Waals surface area contributed by atoms with E-state index in [9.17, 15) is 20.4 Å². The minimum atomic E-state index is -1.23. The second-order valence-electron chi connectivity index (χ2n) is 4.14. The summed E-state index contributed by atoms with van der Waals surface area (Å²) < 4.78 is 0. The number of hydrogen-bond acceptors (Lipinski definition) is 4. The zero-order valence-electron chi connectivity index (χ0n) is 9.90. The highest BCUT2D eigenvalue weighted by Gasteiger charge is 2.51. The van der Waals surface area contributed by atoms with Crippen LogP contribution in [0.4, 0.5) is 0 Å². The topological polar surface area (TPSA) is 80.9 Å². The second kappa shape index (κ2) is 5.80. The van der Waals surface area contributed by atoms with Crippen molar-refractivity contribution < 1.29 is 20.4 Å². The van der Waals surface area contributed by atoms with E-state index in [0.29, 0.717) is 19.3 Å². The number of rotatable bonds is 7. The van der Waals surface area contributed by atoms with Gasteiger partial charge in [-0.3, -0.25) is 0 Å². The fourth-order valence-corrected chi connectivity index (χ4v) is 2.21. The molecule has 92 valence electrons. The van der Waals surface area contributed by atoms with Gasteiger partial charge >= 0.3 is 0 Å². The molecule has 0 saturated carbocycles. The highest BCUT2D eigenvalue weighted by molar-refractivity contribution is 5.01. The molecule has 4 heteroatoms. The van der Waals surface area contributed by atoms with Crippen LogP contribution in [-0.4, -0.2) is 45.3 Å². The summed E-state index contributed by atoms with van der Waals surface area (Å²) in [6, 6.07) is 0. The molecule has 0 saturated heterocycles. The molecule has 0 aromatic carbocycles. The average Bonchev–Trinajstić information content (AvgIpc) is 2.30. The van der Waals surface area contributed by atoms with E-state index < -0.39 is 30.3 Å². The Morgan fingerprint density at radius 2 is 1.40 bits per heavy atom. The molecule has 0 amide bonds. The van der Waals surface area contributed by atoms with Crippen molar-refractivity contribution in [2.45, 2.75) is 51.7 Å². The van der Waals surface area contributed by atoms with E-state index in [1.165, 1.54) is 0 Å². The fourth-order valence-electron chi connectivity index (χ4n) is 2.21. The number of aliphatic hydroxyl groups is 4. The Morgan fingerprint density at radius 3 is 1.60 bits per heavy atom. The van der Waals surface area contributed by atoms with Crippen molar-refractivity contribution >= 4 is 0 Å². The lowest BCUT2D eigenvalue weighted by Gasteiger charge is -2.47. The molecule has 0 radical (unpaired) electrons. The van der Waals surface area contributed by atoms with E-state index in [-0.39, 0.29) is 0 Å². The van der Waals surface area contributed by atoms with Crippen molar-refractivity contribution in [2.75, 3.05) is 13.2 Å². The third-order valence-corrected chi connectivity index (χ3v) is 3.69. The molecule has 15 heavy (non-hydrogen) atoms. The normalized spacial score (nSPS) is 15.4. The predicted octanol–water partition coefficient (Wildman–Crippen LogP) is 0.279. The van der Waals surface area contributed by atoms with E-state index in [2.05, 4.69) is 0 Å².